The van der Waals surface area contributed by atoms with Crippen molar-refractivity contribution in [2.24, 2.45) is 7.05 Å². The number of ether oxygens (including phenoxy) is 2. The normalized spacial score (nSPS) is 19.5. The topological polar surface area (TPSA) is 238 Å². The summed E-state index contributed by atoms with van der Waals surface area (Å²) in [5.74, 6) is -2.30. The Kier molecular flexibility index (Phi) is 12.1. The van der Waals surface area contributed by atoms with Crippen molar-refractivity contribution < 1.29 is 46.2 Å². The molecule has 1 spiro atoms. The van der Waals surface area contributed by atoms with Crippen molar-refractivity contribution in [3.05, 3.63) is 76.3 Å². The fraction of sp³-hybridized carbons (Fsp3) is 0.444. The second-order valence-corrected chi connectivity index (χ2v) is 19.6. The maximum Gasteiger partial charge on any atom is 0.329 e. The number of imide groups is 1. The van der Waals surface area contributed by atoms with E-state index in [1.54, 1.807) is 31.0 Å². The number of rotatable bonds is 11. The zero-order valence-corrected chi connectivity index (χ0v) is 38.3. The number of hydrogen-bond acceptors (Lipinski definition) is 13. The Morgan fingerprint density at radius 3 is 2.51 bits per heavy atom. The second kappa shape index (κ2) is 17.7. The average Bonchev–Trinajstić information content (AvgIpc) is 3.88. The summed E-state index contributed by atoms with van der Waals surface area (Å²) in [5.41, 5.74) is -2.03. The van der Waals surface area contributed by atoms with Crippen LogP contribution in [-0.2, 0) is 31.6 Å². The number of carbonyl (C=O) groups excluding carboxylic acids is 3. The molecule has 4 aliphatic heterocycles. The maximum absolute atomic E-state index is 16.1. The summed E-state index contributed by atoms with van der Waals surface area (Å²) < 4.78 is 75.0. The van der Waals surface area contributed by atoms with Crippen LogP contribution in [0.15, 0.2) is 53.6 Å². The maximum atomic E-state index is 16.1. The molecule has 4 fully saturated rings. The van der Waals surface area contributed by atoms with Crippen LogP contribution >= 0.6 is 0 Å². The number of aliphatic hydroxyl groups is 1. The summed E-state index contributed by atoms with van der Waals surface area (Å²) in [6, 6.07) is 10.6. The predicted molar refractivity (Wildman–Crippen MR) is 243 cm³/mol. The molecule has 0 saturated carbocycles. The van der Waals surface area contributed by atoms with Crippen molar-refractivity contribution in [2.75, 3.05) is 67.4 Å². The fourth-order valence-electron chi connectivity index (χ4n) is 9.55. The molecule has 4 aliphatic rings. The van der Waals surface area contributed by atoms with Gasteiger partial charge in [-0.15, -0.1) is 0 Å². The van der Waals surface area contributed by atoms with Gasteiger partial charge in [0.2, 0.25) is 11.8 Å². The Labute approximate surface area is 388 Å². The summed E-state index contributed by atoms with van der Waals surface area (Å²) in [7, 11) is -1.12. The molecule has 358 valence electrons. The summed E-state index contributed by atoms with van der Waals surface area (Å²) in [6.45, 7) is 3.46. The van der Waals surface area contributed by atoms with Crippen LogP contribution in [0.3, 0.4) is 0 Å². The fourth-order valence-corrected chi connectivity index (χ4v) is 10.5. The lowest BCUT2D eigenvalue weighted by Crippen LogP contribution is -2.51. The number of nitriles is 1. The lowest BCUT2D eigenvalue weighted by atomic mass is 9.85. The standard InChI is InChI=1S/C45H49F2N11O9S/c1-4-53(2)68(64,65)52-34-9-7-32(46)40(31(34)24-48)67-28-5-8-33-30(21-28)42(61)58(26-49-33)27-22-45(66-25-27)14-19-56(20-15-45)37(60)23-44(63)12-17-55(18-13-44)35-10-6-29-39(38(35)47)54(3)51-41(29)57-16-11-36(59)50-43(57)62/h5-10,21,26-27,52,63H,4,11-20,22-23,25H2,1-3H3,(H,50,59,62)/t27-/m1/s1. The van der Waals surface area contributed by atoms with E-state index in [1.807, 2.05) is 11.0 Å². The van der Waals surface area contributed by atoms with Gasteiger partial charge in [0.25, 0.3) is 5.56 Å². The zero-order valence-electron chi connectivity index (χ0n) is 37.5. The lowest BCUT2D eigenvalue weighted by molar-refractivity contribution is -0.142. The molecule has 20 nitrogen and oxygen atoms in total. The highest BCUT2D eigenvalue weighted by atomic mass is 32.2. The Morgan fingerprint density at radius 1 is 1.06 bits per heavy atom. The number of anilines is 3. The van der Waals surface area contributed by atoms with Crippen molar-refractivity contribution in [3.8, 4) is 17.6 Å². The minimum atomic E-state index is -4.05. The number of hydrogen-bond donors (Lipinski definition) is 3. The minimum Gasteiger partial charge on any atom is -0.453 e. The van der Waals surface area contributed by atoms with E-state index in [-0.39, 0.29) is 91.4 Å². The lowest BCUT2D eigenvalue weighted by Gasteiger charge is -2.42. The Morgan fingerprint density at radius 2 is 1.81 bits per heavy atom. The monoisotopic (exact) mass is 957 g/mol. The summed E-state index contributed by atoms with van der Waals surface area (Å²) >= 11 is 0. The second-order valence-electron chi connectivity index (χ2n) is 17.8. The molecule has 4 saturated heterocycles. The van der Waals surface area contributed by atoms with Gasteiger partial charge >= 0.3 is 16.2 Å². The number of nitrogens with zero attached hydrogens (tertiary/aromatic N) is 9. The molecule has 23 heteroatoms. The number of piperidine rings is 2. The van der Waals surface area contributed by atoms with Crippen LogP contribution in [0.4, 0.5) is 30.8 Å². The summed E-state index contributed by atoms with van der Waals surface area (Å²) in [5, 5.41) is 28.8. The van der Waals surface area contributed by atoms with Gasteiger partial charge in [-0.3, -0.25) is 38.6 Å². The van der Waals surface area contributed by atoms with Crippen LogP contribution in [0.25, 0.3) is 21.8 Å². The molecule has 68 heavy (non-hydrogen) atoms. The van der Waals surface area contributed by atoms with E-state index in [0.29, 0.717) is 62.0 Å². The molecular weight excluding hydrogens is 909 g/mol. The van der Waals surface area contributed by atoms with E-state index in [2.05, 4.69) is 20.1 Å². The first-order chi connectivity index (χ1) is 32.4. The Balaban J connectivity index is 0.813. The van der Waals surface area contributed by atoms with Gasteiger partial charge in [-0.05, 0) is 74.6 Å². The number of aromatic nitrogens is 4. The molecule has 0 unspecified atom stereocenters. The molecule has 0 aliphatic carbocycles. The first kappa shape index (κ1) is 46.4. The molecule has 0 radical (unpaired) electrons. The number of amides is 4. The largest absolute Gasteiger partial charge is 0.453 e. The van der Waals surface area contributed by atoms with Crippen molar-refractivity contribution >= 4 is 67.1 Å². The van der Waals surface area contributed by atoms with Crippen LogP contribution in [0.2, 0.25) is 0 Å². The quantitative estimate of drug-likeness (QED) is 0.170. The van der Waals surface area contributed by atoms with Crippen molar-refractivity contribution in [3.63, 3.8) is 0 Å². The van der Waals surface area contributed by atoms with E-state index in [4.69, 9.17) is 9.47 Å². The van der Waals surface area contributed by atoms with E-state index in [0.717, 1.165) is 16.4 Å². The van der Waals surface area contributed by atoms with Gasteiger partial charge in [0.05, 0.1) is 58.9 Å². The van der Waals surface area contributed by atoms with Crippen LogP contribution in [-0.4, -0.2) is 124 Å². The Bertz CT molecular complexity index is 3090. The molecular formula is C45H49F2N11O9S. The van der Waals surface area contributed by atoms with Gasteiger partial charge in [-0.1, -0.05) is 6.92 Å². The highest BCUT2D eigenvalue weighted by Crippen LogP contribution is 2.42. The van der Waals surface area contributed by atoms with Gasteiger partial charge in [0.15, 0.2) is 23.2 Å². The van der Waals surface area contributed by atoms with Gasteiger partial charge in [-0.25, -0.2) is 18.6 Å². The van der Waals surface area contributed by atoms with Gasteiger partial charge in [-0.2, -0.15) is 23.1 Å². The number of aryl methyl sites for hydroxylation is 1. The third-order valence-electron chi connectivity index (χ3n) is 13.6. The van der Waals surface area contributed by atoms with Crippen LogP contribution in [0.1, 0.15) is 63.5 Å². The molecule has 0 bridgehead atoms. The number of nitrogens with one attached hydrogen (secondary N) is 2. The molecule has 1 atom stereocenters. The van der Waals surface area contributed by atoms with Gasteiger partial charge in [0.1, 0.15) is 22.9 Å². The minimum absolute atomic E-state index is 0.0141. The first-order valence-electron chi connectivity index (χ1n) is 22.2. The van der Waals surface area contributed by atoms with E-state index >= 15 is 8.78 Å². The zero-order chi connectivity index (χ0) is 48.3. The average molecular weight is 958 g/mol. The first-order valence-corrected chi connectivity index (χ1v) is 23.7. The van der Waals surface area contributed by atoms with Gasteiger partial charge in [0, 0.05) is 65.2 Å². The SMILES string of the molecule is CCN(C)S(=O)(=O)Nc1ccc(F)c(Oc2ccc3ncn([C@H]4COC5(CCN(C(=O)CC6(O)CCN(c7ccc8c(N9CCC(=O)NC9=O)nn(C)c8c7F)CC6)CC5)C4)c(=O)c3c2)c1C#N. The molecule has 3 N–H and O–H groups in total. The third-order valence-corrected chi connectivity index (χ3v) is 15.2. The molecule has 9 rings (SSSR count). The summed E-state index contributed by atoms with van der Waals surface area (Å²) in [6.07, 6.45) is 3.39. The van der Waals surface area contributed by atoms with E-state index < -0.39 is 55.9 Å². The molecule has 6 heterocycles. The predicted octanol–water partition coefficient (Wildman–Crippen LogP) is 4.02. The van der Waals surface area contributed by atoms with E-state index in [1.165, 1.54) is 45.7 Å². The number of fused-ring (bicyclic) bond motifs is 2. The van der Waals surface area contributed by atoms with Crippen molar-refractivity contribution in [1.29, 1.82) is 5.26 Å². The van der Waals surface area contributed by atoms with Gasteiger partial charge < -0.3 is 24.4 Å². The molecule has 3 aromatic carbocycles. The number of likely N-dealkylation sites (tertiary alicyclic amines) is 1. The van der Waals surface area contributed by atoms with Crippen molar-refractivity contribution in [1.82, 2.24) is 33.9 Å². The van der Waals surface area contributed by atoms with Crippen molar-refractivity contribution in [2.45, 2.75) is 69.1 Å². The van der Waals surface area contributed by atoms with Crippen LogP contribution in [0, 0.1) is 23.0 Å². The van der Waals surface area contributed by atoms with Crippen LogP contribution < -0.4 is 30.1 Å². The number of urea groups is 1. The smallest absolute Gasteiger partial charge is 0.329 e. The third kappa shape index (κ3) is 8.56. The highest BCUT2D eigenvalue weighted by Gasteiger charge is 2.45. The summed E-state index contributed by atoms with van der Waals surface area (Å²) in [4.78, 5) is 61.2. The number of halogens is 2. The molecule has 2 aromatic heterocycles. The number of benzene rings is 3. The Hall–Kier alpha value is -6.74. The molecule has 5 aromatic rings. The molecule has 4 amide bonds. The highest BCUT2D eigenvalue weighted by molar-refractivity contribution is 7.90. The van der Waals surface area contributed by atoms with E-state index in [9.17, 15) is 38.0 Å². The number of carbonyl (C=O) groups is 3. The van der Waals surface area contributed by atoms with Crippen LogP contribution in [0.5, 0.6) is 11.5 Å².